The highest BCUT2D eigenvalue weighted by Gasteiger charge is 2.42. The second-order valence-corrected chi connectivity index (χ2v) is 6.74. The number of rotatable bonds is 4. The van der Waals surface area contributed by atoms with Crippen molar-refractivity contribution in [2.45, 2.75) is 31.5 Å². The summed E-state index contributed by atoms with van der Waals surface area (Å²) in [6, 6.07) is 2.60. The molecule has 9 heteroatoms. The molecular formula is C18H23F3N2O4. The van der Waals surface area contributed by atoms with Crippen LogP contribution in [0, 0.1) is 0 Å². The first-order valence-corrected chi connectivity index (χ1v) is 8.95. The van der Waals surface area contributed by atoms with Gasteiger partial charge in [-0.3, -0.25) is 0 Å². The number of hydrogen-bond acceptors (Lipinski definition) is 4. The van der Waals surface area contributed by atoms with Gasteiger partial charge in [0.15, 0.2) is 0 Å². The molecule has 0 aliphatic carbocycles. The number of nitrogens with one attached hydrogen (secondary N) is 1. The highest BCUT2D eigenvalue weighted by Crippen LogP contribution is 2.35. The van der Waals surface area contributed by atoms with E-state index in [4.69, 9.17) is 14.2 Å². The lowest BCUT2D eigenvalue weighted by Gasteiger charge is -2.39. The van der Waals surface area contributed by atoms with Gasteiger partial charge in [0.2, 0.25) is 0 Å². The van der Waals surface area contributed by atoms with Gasteiger partial charge in [-0.25, -0.2) is 4.79 Å². The first-order valence-electron chi connectivity index (χ1n) is 8.95. The van der Waals surface area contributed by atoms with Crippen LogP contribution in [0.25, 0.3) is 0 Å². The number of urea groups is 1. The fourth-order valence-electron chi connectivity index (χ4n) is 3.18. The standard InChI is InChI=1S/C18H23F3N2O4/c1-2-7-26-15-4-3-13(18(19,20)21)10-14(15)22-16(24)23-6-9-27-17(11-23)5-8-25-12-17/h3-4,10H,2,5-9,11-12H2,1H3,(H,22,24). The Kier molecular flexibility index (Phi) is 5.81. The molecule has 0 bridgehead atoms. The Morgan fingerprint density at radius 3 is 2.85 bits per heavy atom. The van der Waals surface area contributed by atoms with Crippen LogP contribution in [0.5, 0.6) is 5.75 Å². The summed E-state index contributed by atoms with van der Waals surface area (Å²) in [5.41, 5.74) is -1.36. The van der Waals surface area contributed by atoms with Gasteiger partial charge in [0.1, 0.15) is 11.4 Å². The van der Waals surface area contributed by atoms with Crippen molar-refractivity contribution in [1.82, 2.24) is 4.90 Å². The topological polar surface area (TPSA) is 60.0 Å². The zero-order valence-electron chi connectivity index (χ0n) is 15.1. The molecule has 2 heterocycles. The number of ether oxygens (including phenoxy) is 3. The van der Waals surface area contributed by atoms with Crippen molar-refractivity contribution < 1.29 is 32.2 Å². The van der Waals surface area contributed by atoms with Crippen LogP contribution in [0.15, 0.2) is 18.2 Å². The molecule has 0 saturated carbocycles. The Hall–Kier alpha value is -2.00. The number of amides is 2. The van der Waals surface area contributed by atoms with Crippen molar-refractivity contribution in [1.29, 1.82) is 0 Å². The van der Waals surface area contributed by atoms with Gasteiger partial charge in [-0.2, -0.15) is 13.2 Å². The Bertz CT molecular complexity index is 675. The third-order valence-corrected chi connectivity index (χ3v) is 4.61. The molecule has 6 nitrogen and oxygen atoms in total. The summed E-state index contributed by atoms with van der Waals surface area (Å²) in [7, 11) is 0. The van der Waals surface area contributed by atoms with E-state index in [1.807, 2.05) is 6.92 Å². The Balaban J connectivity index is 1.76. The zero-order valence-corrected chi connectivity index (χ0v) is 15.1. The molecule has 1 atom stereocenters. The molecule has 2 aliphatic rings. The smallest absolute Gasteiger partial charge is 0.416 e. The maximum Gasteiger partial charge on any atom is 0.416 e. The van der Waals surface area contributed by atoms with E-state index in [2.05, 4.69) is 5.32 Å². The Labute approximate surface area is 155 Å². The number of hydrogen-bond donors (Lipinski definition) is 1. The summed E-state index contributed by atoms with van der Waals surface area (Å²) in [6.45, 7) is 4.26. The van der Waals surface area contributed by atoms with Crippen LogP contribution in [-0.2, 0) is 15.7 Å². The van der Waals surface area contributed by atoms with E-state index in [1.54, 1.807) is 4.90 Å². The molecule has 2 fully saturated rings. The van der Waals surface area contributed by atoms with Gasteiger partial charge >= 0.3 is 12.2 Å². The Morgan fingerprint density at radius 2 is 2.19 bits per heavy atom. The van der Waals surface area contributed by atoms with E-state index in [0.29, 0.717) is 52.4 Å². The maximum atomic E-state index is 13.0. The van der Waals surface area contributed by atoms with Crippen LogP contribution in [0.1, 0.15) is 25.3 Å². The normalized spacial score (nSPS) is 22.9. The van der Waals surface area contributed by atoms with Crippen molar-refractivity contribution in [3.63, 3.8) is 0 Å². The molecule has 3 rings (SSSR count). The van der Waals surface area contributed by atoms with Gasteiger partial charge in [0.25, 0.3) is 0 Å². The lowest BCUT2D eigenvalue weighted by Crippen LogP contribution is -2.55. The number of carbonyl (C=O) groups is 1. The van der Waals surface area contributed by atoms with Gasteiger partial charge in [0.05, 0.1) is 37.6 Å². The van der Waals surface area contributed by atoms with Crippen molar-refractivity contribution in [2.75, 3.05) is 44.8 Å². The molecule has 1 N–H and O–H groups in total. The van der Waals surface area contributed by atoms with Crippen molar-refractivity contribution in [2.24, 2.45) is 0 Å². The maximum absolute atomic E-state index is 13.0. The number of benzene rings is 1. The van der Waals surface area contributed by atoms with Crippen LogP contribution >= 0.6 is 0 Å². The molecule has 27 heavy (non-hydrogen) atoms. The minimum absolute atomic E-state index is 0.00601. The quantitative estimate of drug-likeness (QED) is 0.858. The van der Waals surface area contributed by atoms with Gasteiger partial charge < -0.3 is 24.4 Å². The number of halogens is 3. The fourth-order valence-corrected chi connectivity index (χ4v) is 3.18. The summed E-state index contributed by atoms with van der Waals surface area (Å²) in [5, 5.41) is 2.57. The molecule has 1 aromatic carbocycles. The second kappa shape index (κ2) is 7.93. The third kappa shape index (κ3) is 4.65. The molecule has 1 spiro atoms. The average Bonchev–Trinajstić information content (AvgIpc) is 3.07. The molecule has 2 saturated heterocycles. The minimum atomic E-state index is -4.51. The highest BCUT2D eigenvalue weighted by molar-refractivity contribution is 5.91. The Morgan fingerprint density at radius 1 is 1.37 bits per heavy atom. The van der Waals surface area contributed by atoms with Crippen molar-refractivity contribution in [3.05, 3.63) is 23.8 Å². The molecule has 1 unspecified atom stereocenters. The second-order valence-electron chi connectivity index (χ2n) is 6.74. The molecule has 2 amide bonds. The largest absolute Gasteiger partial charge is 0.491 e. The summed E-state index contributed by atoms with van der Waals surface area (Å²) < 4.78 is 55.8. The monoisotopic (exact) mass is 388 g/mol. The lowest BCUT2D eigenvalue weighted by atomic mass is 10.0. The summed E-state index contributed by atoms with van der Waals surface area (Å²) in [6.07, 6.45) is -3.13. The SMILES string of the molecule is CCCOc1ccc(C(F)(F)F)cc1NC(=O)N1CCOC2(CCOC2)C1. The fraction of sp³-hybridized carbons (Fsp3) is 0.611. The van der Waals surface area contributed by atoms with Crippen LogP contribution in [0.2, 0.25) is 0 Å². The average molecular weight is 388 g/mol. The molecule has 0 radical (unpaired) electrons. The summed E-state index contributed by atoms with van der Waals surface area (Å²) in [4.78, 5) is 14.2. The van der Waals surface area contributed by atoms with E-state index in [1.165, 1.54) is 6.07 Å². The zero-order chi connectivity index (χ0) is 19.5. The lowest BCUT2D eigenvalue weighted by molar-refractivity contribution is -0.137. The van der Waals surface area contributed by atoms with Crippen LogP contribution in [0.3, 0.4) is 0 Å². The summed E-state index contributed by atoms with van der Waals surface area (Å²) in [5.74, 6) is 0.213. The number of carbonyl (C=O) groups excluding carboxylic acids is 1. The first-order chi connectivity index (χ1) is 12.8. The van der Waals surface area contributed by atoms with Crippen molar-refractivity contribution in [3.8, 4) is 5.75 Å². The minimum Gasteiger partial charge on any atom is -0.491 e. The predicted octanol–water partition coefficient (Wildman–Crippen LogP) is 3.52. The van der Waals surface area contributed by atoms with E-state index >= 15 is 0 Å². The molecule has 0 aromatic heterocycles. The highest BCUT2D eigenvalue weighted by atomic mass is 19.4. The van der Waals surface area contributed by atoms with Gasteiger partial charge in [-0.1, -0.05) is 6.92 Å². The molecule has 150 valence electrons. The van der Waals surface area contributed by atoms with E-state index in [9.17, 15) is 18.0 Å². The molecule has 2 aliphatic heterocycles. The number of alkyl halides is 3. The molecule has 1 aromatic rings. The molecular weight excluding hydrogens is 365 g/mol. The summed E-state index contributed by atoms with van der Waals surface area (Å²) >= 11 is 0. The van der Waals surface area contributed by atoms with Crippen LogP contribution in [0.4, 0.5) is 23.7 Å². The number of morpholine rings is 1. The van der Waals surface area contributed by atoms with E-state index in [-0.39, 0.29) is 11.4 Å². The van der Waals surface area contributed by atoms with Crippen molar-refractivity contribution >= 4 is 11.7 Å². The van der Waals surface area contributed by atoms with Gasteiger partial charge in [-0.15, -0.1) is 0 Å². The van der Waals surface area contributed by atoms with Gasteiger partial charge in [-0.05, 0) is 24.6 Å². The first kappa shape index (κ1) is 19.8. The van der Waals surface area contributed by atoms with Crippen LogP contribution in [-0.4, -0.2) is 56.0 Å². The number of nitrogens with zero attached hydrogens (tertiary/aromatic N) is 1. The predicted molar refractivity (Wildman–Crippen MR) is 91.9 cm³/mol. The van der Waals surface area contributed by atoms with E-state index < -0.39 is 23.4 Å². The van der Waals surface area contributed by atoms with E-state index in [0.717, 1.165) is 12.1 Å². The van der Waals surface area contributed by atoms with Crippen LogP contribution < -0.4 is 10.1 Å². The van der Waals surface area contributed by atoms with Gasteiger partial charge in [0, 0.05) is 19.6 Å². The third-order valence-electron chi connectivity index (χ3n) is 4.61. The number of anilines is 1.